The lowest BCUT2D eigenvalue weighted by Crippen LogP contribution is -2.53. The van der Waals surface area contributed by atoms with Crippen molar-refractivity contribution in [3.8, 4) is 0 Å². The number of benzene rings is 2. The van der Waals surface area contributed by atoms with Crippen LogP contribution in [0.2, 0.25) is 0 Å². The van der Waals surface area contributed by atoms with Crippen molar-refractivity contribution in [2.24, 2.45) is 11.8 Å². The number of unbranched alkanes of at least 4 members (excludes halogenated alkanes) is 1. The number of aliphatic hydroxyl groups is 1. The molecule has 5 atom stereocenters. The molecule has 1 aliphatic rings. The first-order valence-corrected chi connectivity index (χ1v) is 13.0. The van der Waals surface area contributed by atoms with Crippen LogP contribution in [0.1, 0.15) is 63.5 Å². The van der Waals surface area contributed by atoms with Crippen LogP contribution < -0.4 is 10.6 Å². The minimum absolute atomic E-state index is 0.0785. The van der Waals surface area contributed by atoms with Gasteiger partial charge < -0.3 is 20.5 Å². The molecule has 3 rings (SSSR count). The molecule has 1 saturated carbocycles. The predicted molar refractivity (Wildman–Crippen MR) is 138 cm³/mol. The third-order valence-electron chi connectivity index (χ3n) is 6.62. The highest BCUT2D eigenvalue weighted by Crippen LogP contribution is 2.46. The first kappa shape index (κ1) is 28.3. The SMILES string of the molecule is CCCC[C@H](NC(=O)[C@H](CC(C)C)NC(=O)OCc1ccccc1)C(O)C1C(=O)C1c1ccc(F)cc1. The van der Waals surface area contributed by atoms with Crippen LogP contribution in [0.15, 0.2) is 54.6 Å². The number of ether oxygens (including phenoxy) is 1. The third-order valence-corrected chi connectivity index (χ3v) is 6.62. The van der Waals surface area contributed by atoms with Crippen LogP contribution in [-0.4, -0.2) is 41.1 Å². The van der Waals surface area contributed by atoms with Gasteiger partial charge in [-0.3, -0.25) is 9.59 Å². The van der Waals surface area contributed by atoms with Crippen molar-refractivity contribution < 1.29 is 28.6 Å². The minimum Gasteiger partial charge on any atom is -0.445 e. The van der Waals surface area contributed by atoms with Gasteiger partial charge in [0.05, 0.1) is 24.0 Å². The summed E-state index contributed by atoms with van der Waals surface area (Å²) in [5.74, 6) is -2.03. The number of rotatable bonds is 13. The number of Topliss-reactive ketones (excluding diaryl/α,β-unsaturated/α-hetero) is 1. The standard InChI is InChI=1S/C29H37FN2O5/c1-4-5-11-22(26(33)25-24(27(25)34)20-12-14-21(30)15-13-20)31-28(35)23(16-18(2)3)32-29(36)37-17-19-9-7-6-8-10-19/h6-10,12-15,18,22-26,33H,4-5,11,16-17H2,1-3H3,(H,31,35)(H,32,36)/t22-,23-,24?,25?,26?/m0/s1. The Hall–Kier alpha value is -3.26. The second kappa shape index (κ2) is 13.3. The molecule has 2 aromatic rings. The molecule has 0 spiro atoms. The van der Waals surface area contributed by atoms with Gasteiger partial charge in [-0.25, -0.2) is 9.18 Å². The quantitative estimate of drug-likeness (QED) is 0.367. The fraction of sp³-hybridized carbons (Fsp3) is 0.483. The number of hydrogen-bond acceptors (Lipinski definition) is 5. The Morgan fingerprint density at radius 2 is 1.73 bits per heavy atom. The molecule has 2 amide bonds. The molecule has 7 nitrogen and oxygen atoms in total. The molecule has 0 radical (unpaired) electrons. The first-order chi connectivity index (χ1) is 17.7. The number of halogens is 1. The topological polar surface area (TPSA) is 105 Å². The maximum Gasteiger partial charge on any atom is 0.408 e. The number of carbonyl (C=O) groups excluding carboxylic acids is 3. The van der Waals surface area contributed by atoms with Crippen molar-refractivity contribution in [1.82, 2.24) is 10.6 Å². The van der Waals surface area contributed by atoms with E-state index in [9.17, 15) is 23.9 Å². The molecule has 0 aliphatic heterocycles. The van der Waals surface area contributed by atoms with Gasteiger partial charge in [-0.15, -0.1) is 0 Å². The number of carbonyl (C=O) groups is 3. The summed E-state index contributed by atoms with van der Waals surface area (Å²) in [5, 5.41) is 16.7. The van der Waals surface area contributed by atoms with Gasteiger partial charge in [0.1, 0.15) is 24.2 Å². The molecule has 8 heteroatoms. The smallest absolute Gasteiger partial charge is 0.408 e. The number of hydrogen-bond donors (Lipinski definition) is 3. The molecule has 0 saturated heterocycles. The third kappa shape index (κ3) is 8.12. The van der Waals surface area contributed by atoms with E-state index in [2.05, 4.69) is 10.6 Å². The van der Waals surface area contributed by atoms with Gasteiger partial charge in [0.25, 0.3) is 0 Å². The van der Waals surface area contributed by atoms with E-state index in [-0.39, 0.29) is 18.3 Å². The van der Waals surface area contributed by atoms with E-state index in [1.54, 1.807) is 12.1 Å². The number of ketones is 1. The molecule has 0 bridgehead atoms. The normalized spacial score (nSPS) is 19.1. The van der Waals surface area contributed by atoms with Crippen LogP contribution >= 0.6 is 0 Å². The van der Waals surface area contributed by atoms with Gasteiger partial charge in [0.2, 0.25) is 5.91 Å². The Kier molecular flexibility index (Phi) is 10.2. The predicted octanol–water partition coefficient (Wildman–Crippen LogP) is 4.49. The van der Waals surface area contributed by atoms with E-state index in [1.165, 1.54) is 12.1 Å². The summed E-state index contributed by atoms with van der Waals surface area (Å²) in [5.41, 5.74) is 1.48. The number of aliphatic hydroxyl groups excluding tert-OH is 1. The molecule has 3 unspecified atom stereocenters. The summed E-state index contributed by atoms with van der Waals surface area (Å²) < 4.78 is 18.6. The lowest BCUT2D eigenvalue weighted by Gasteiger charge is -2.27. The van der Waals surface area contributed by atoms with Crippen molar-refractivity contribution >= 4 is 17.8 Å². The zero-order valence-corrected chi connectivity index (χ0v) is 21.7. The van der Waals surface area contributed by atoms with Gasteiger partial charge >= 0.3 is 6.09 Å². The lowest BCUT2D eigenvalue weighted by atomic mass is 9.96. The molecule has 3 N–H and O–H groups in total. The van der Waals surface area contributed by atoms with Crippen LogP contribution in [0, 0.1) is 17.7 Å². The van der Waals surface area contributed by atoms with E-state index < -0.39 is 47.8 Å². The zero-order valence-electron chi connectivity index (χ0n) is 21.7. The van der Waals surface area contributed by atoms with Gasteiger partial charge in [-0.1, -0.05) is 76.1 Å². The van der Waals surface area contributed by atoms with E-state index >= 15 is 0 Å². The van der Waals surface area contributed by atoms with Crippen molar-refractivity contribution in [1.29, 1.82) is 0 Å². The summed E-state index contributed by atoms with van der Waals surface area (Å²) in [7, 11) is 0. The van der Waals surface area contributed by atoms with Crippen LogP contribution in [-0.2, 0) is 20.9 Å². The highest BCUT2D eigenvalue weighted by atomic mass is 19.1. The van der Waals surface area contributed by atoms with Crippen LogP contribution in [0.25, 0.3) is 0 Å². The monoisotopic (exact) mass is 512 g/mol. The van der Waals surface area contributed by atoms with Gasteiger partial charge in [0.15, 0.2) is 0 Å². The number of nitrogens with one attached hydrogen (secondary N) is 2. The van der Waals surface area contributed by atoms with Crippen molar-refractivity contribution in [3.05, 3.63) is 71.5 Å². The van der Waals surface area contributed by atoms with Gasteiger partial charge in [-0.2, -0.15) is 0 Å². The van der Waals surface area contributed by atoms with Gasteiger partial charge in [-0.05, 0) is 42.0 Å². The Balaban J connectivity index is 1.65. The van der Waals surface area contributed by atoms with Gasteiger partial charge in [0, 0.05) is 0 Å². The average Bonchev–Trinajstić information content (AvgIpc) is 3.55. The Bertz CT molecular complexity index is 1040. The second-order valence-corrected chi connectivity index (χ2v) is 10.1. The number of alkyl carbamates (subject to hydrolysis) is 1. The van der Waals surface area contributed by atoms with E-state index in [0.717, 1.165) is 18.4 Å². The molecule has 200 valence electrons. The molecule has 0 heterocycles. The highest BCUT2D eigenvalue weighted by molar-refractivity contribution is 6.05. The summed E-state index contributed by atoms with van der Waals surface area (Å²) in [6.45, 7) is 5.96. The summed E-state index contributed by atoms with van der Waals surface area (Å²) >= 11 is 0. The first-order valence-electron chi connectivity index (χ1n) is 13.0. The minimum atomic E-state index is -1.09. The molecule has 2 aromatic carbocycles. The summed E-state index contributed by atoms with van der Waals surface area (Å²) in [6, 6.07) is 13.4. The fourth-order valence-corrected chi connectivity index (χ4v) is 4.56. The maximum atomic E-state index is 13.3. The molecular formula is C29H37FN2O5. The molecular weight excluding hydrogens is 475 g/mol. The molecule has 37 heavy (non-hydrogen) atoms. The van der Waals surface area contributed by atoms with E-state index in [0.29, 0.717) is 18.4 Å². The molecule has 1 aliphatic carbocycles. The van der Waals surface area contributed by atoms with Crippen molar-refractivity contribution in [2.45, 2.75) is 77.2 Å². The van der Waals surface area contributed by atoms with Crippen LogP contribution in [0.3, 0.4) is 0 Å². The molecule has 1 fully saturated rings. The largest absolute Gasteiger partial charge is 0.445 e. The summed E-state index contributed by atoms with van der Waals surface area (Å²) in [4.78, 5) is 38.3. The van der Waals surface area contributed by atoms with Crippen molar-refractivity contribution in [3.63, 3.8) is 0 Å². The highest BCUT2D eigenvalue weighted by Gasteiger charge is 2.56. The van der Waals surface area contributed by atoms with E-state index in [1.807, 2.05) is 51.1 Å². The van der Waals surface area contributed by atoms with Crippen LogP contribution in [0.5, 0.6) is 0 Å². The fourth-order valence-electron chi connectivity index (χ4n) is 4.56. The Morgan fingerprint density at radius 3 is 2.35 bits per heavy atom. The summed E-state index contributed by atoms with van der Waals surface area (Å²) in [6.07, 6.45) is 0.649. The zero-order chi connectivity index (χ0) is 26.9. The second-order valence-electron chi connectivity index (χ2n) is 10.1. The number of amides is 2. The van der Waals surface area contributed by atoms with Crippen LogP contribution in [0.4, 0.5) is 9.18 Å². The maximum absolute atomic E-state index is 13.3. The van der Waals surface area contributed by atoms with Crippen molar-refractivity contribution in [2.75, 3.05) is 0 Å². The Labute approximate surface area is 217 Å². The average molecular weight is 513 g/mol. The molecule has 0 aromatic heterocycles. The lowest BCUT2D eigenvalue weighted by molar-refractivity contribution is -0.125. The van der Waals surface area contributed by atoms with E-state index in [4.69, 9.17) is 4.74 Å². The Morgan fingerprint density at radius 1 is 1.05 bits per heavy atom.